The van der Waals surface area contributed by atoms with Crippen molar-refractivity contribution >= 4 is 10.0 Å². The van der Waals surface area contributed by atoms with Gasteiger partial charge in [-0.1, -0.05) is 6.07 Å². The third-order valence-corrected chi connectivity index (χ3v) is 4.58. The summed E-state index contributed by atoms with van der Waals surface area (Å²) in [4.78, 5) is 0.382. The number of rotatable bonds is 2. The molecule has 0 fully saturated rings. The zero-order chi connectivity index (χ0) is 12.7. The Kier molecular flexibility index (Phi) is 3.04. The van der Waals surface area contributed by atoms with Crippen LogP contribution < -0.4 is 4.72 Å². The maximum atomic E-state index is 12.1. The summed E-state index contributed by atoms with van der Waals surface area (Å²) in [5, 5.41) is 0. The summed E-state index contributed by atoms with van der Waals surface area (Å²) in [6.07, 6.45) is 3.20. The highest BCUT2D eigenvalue weighted by Gasteiger charge is 2.23. The molecule has 0 bridgehead atoms. The van der Waals surface area contributed by atoms with E-state index in [0.29, 0.717) is 4.90 Å². The van der Waals surface area contributed by atoms with Gasteiger partial charge in [-0.15, -0.1) is 0 Å². The predicted molar refractivity (Wildman–Crippen MR) is 68.5 cm³/mol. The number of fused-ring (bicyclic) bond motifs is 1. The van der Waals surface area contributed by atoms with Crippen LogP contribution in [0, 0.1) is 0 Å². The first-order chi connectivity index (χ1) is 7.78. The van der Waals surface area contributed by atoms with Gasteiger partial charge in [0.25, 0.3) is 0 Å². The second-order valence-electron chi connectivity index (χ2n) is 5.64. The van der Waals surface area contributed by atoms with Crippen molar-refractivity contribution in [1.82, 2.24) is 4.72 Å². The molecule has 1 N–H and O–H groups in total. The molecular formula is C13H19NO2S. The molecule has 1 aromatic carbocycles. The lowest BCUT2D eigenvalue weighted by Crippen LogP contribution is -2.40. The molecule has 0 atom stereocenters. The van der Waals surface area contributed by atoms with Crippen molar-refractivity contribution in [2.24, 2.45) is 0 Å². The van der Waals surface area contributed by atoms with Crippen molar-refractivity contribution in [2.75, 3.05) is 0 Å². The van der Waals surface area contributed by atoms with Gasteiger partial charge in [0.05, 0.1) is 4.90 Å². The van der Waals surface area contributed by atoms with Gasteiger partial charge in [0.2, 0.25) is 10.0 Å². The van der Waals surface area contributed by atoms with Crippen LogP contribution in [0.3, 0.4) is 0 Å². The highest BCUT2D eigenvalue weighted by Crippen LogP contribution is 2.25. The largest absolute Gasteiger partial charge is 0.241 e. The van der Waals surface area contributed by atoms with Crippen LogP contribution in [0.15, 0.2) is 23.1 Å². The number of nitrogens with one attached hydrogen (secondary N) is 1. The Bertz CT molecular complexity index is 527. The standard InChI is InChI=1S/C13H19NO2S/c1-13(2,3)14-17(15,16)12-8-7-10-5-4-6-11(10)9-12/h7-9,14H,4-6H2,1-3H3. The van der Waals surface area contributed by atoms with E-state index in [0.717, 1.165) is 19.3 Å². The Morgan fingerprint density at radius 2 is 1.76 bits per heavy atom. The third-order valence-electron chi connectivity index (χ3n) is 2.82. The van der Waals surface area contributed by atoms with E-state index in [9.17, 15) is 8.42 Å². The predicted octanol–water partition coefficient (Wildman–Crippen LogP) is 2.25. The fraction of sp³-hybridized carbons (Fsp3) is 0.538. The molecule has 1 aliphatic rings. The van der Waals surface area contributed by atoms with Crippen molar-refractivity contribution in [1.29, 1.82) is 0 Å². The van der Waals surface area contributed by atoms with E-state index >= 15 is 0 Å². The molecule has 0 spiro atoms. The SMILES string of the molecule is CC(C)(C)NS(=O)(=O)c1ccc2c(c1)CCC2. The highest BCUT2D eigenvalue weighted by molar-refractivity contribution is 7.89. The molecule has 1 aliphatic carbocycles. The van der Waals surface area contributed by atoms with Crippen LogP contribution in [0.2, 0.25) is 0 Å². The van der Waals surface area contributed by atoms with Crippen LogP contribution in [0.25, 0.3) is 0 Å². The Hall–Kier alpha value is -0.870. The minimum Gasteiger partial charge on any atom is -0.207 e. The molecule has 3 nitrogen and oxygen atoms in total. The monoisotopic (exact) mass is 253 g/mol. The number of hydrogen-bond acceptors (Lipinski definition) is 2. The van der Waals surface area contributed by atoms with E-state index in [2.05, 4.69) is 4.72 Å². The average molecular weight is 253 g/mol. The van der Waals surface area contributed by atoms with Gasteiger partial charge in [-0.05, 0) is 63.3 Å². The van der Waals surface area contributed by atoms with Crippen LogP contribution in [0.1, 0.15) is 38.3 Å². The lowest BCUT2D eigenvalue weighted by molar-refractivity contribution is 0.491. The molecule has 0 saturated heterocycles. The summed E-state index contributed by atoms with van der Waals surface area (Å²) in [6.45, 7) is 5.54. The van der Waals surface area contributed by atoms with Gasteiger partial charge in [-0.25, -0.2) is 13.1 Å². The van der Waals surface area contributed by atoms with Crippen molar-refractivity contribution in [3.8, 4) is 0 Å². The molecule has 0 unspecified atom stereocenters. The number of aryl methyl sites for hydroxylation is 2. The smallest absolute Gasteiger partial charge is 0.207 e. The Morgan fingerprint density at radius 3 is 2.41 bits per heavy atom. The second-order valence-corrected chi connectivity index (χ2v) is 7.32. The Balaban J connectivity index is 2.34. The summed E-state index contributed by atoms with van der Waals surface area (Å²) in [7, 11) is -3.39. The van der Waals surface area contributed by atoms with Crippen molar-refractivity contribution in [3.05, 3.63) is 29.3 Å². The zero-order valence-electron chi connectivity index (χ0n) is 10.6. The Morgan fingerprint density at radius 1 is 1.12 bits per heavy atom. The van der Waals surface area contributed by atoms with E-state index < -0.39 is 15.6 Å². The van der Waals surface area contributed by atoms with Gasteiger partial charge < -0.3 is 0 Å². The molecule has 94 valence electrons. The van der Waals surface area contributed by atoms with Crippen LogP contribution >= 0.6 is 0 Å². The summed E-state index contributed by atoms with van der Waals surface area (Å²) >= 11 is 0. The number of sulfonamides is 1. The first-order valence-corrected chi connectivity index (χ1v) is 7.42. The van der Waals surface area contributed by atoms with Gasteiger partial charge in [0, 0.05) is 5.54 Å². The van der Waals surface area contributed by atoms with Crippen molar-refractivity contribution in [2.45, 2.75) is 50.5 Å². The second kappa shape index (κ2) is 4.10. The first kappa shape index (κ1) is 12.6. The minimum atomic E-state index is -3.39. The van der Waals surface area contributed by atoms with Gasteiger partial charge in [-0.2, -0.15) is 0 Å². The van der Waals surface area contributed by atoms with E-state index in [1.807, 2.05) is 32.9 Å². The summed E-state index contributed by atoms with van der Waals surface area (Å²) < 4.78 is 26.9. The average Bonchev–Trinajstić information content (AvgIpc) is 2.59. The van der Waals surface area contributed by atoms with Gasteiger partial charge in [0.15, 0.2) is 0 Å². The normalized spacial score (nSPS) is 15.9. The lowest BCUT2D eigenvalue weighted by atomic mass is 10.1. The lowest BCUT2D eigenvalue weighted by Gasteiger charge is -2.20. The third kappa shape index (κ3) is 2.87. The molecule has 0 amide bonds. The fourth-order valence-corrected chi connectivity index (χ4v) is 3.65. The molecule has 0 aromatic heterocycles. The molecule has 0 saturated carbocycles. The highest BCUT2D eigenvalue weighted by atomic mass is 32.2. The zero-order valence-corrected chi connectivity index (χ0v) is 11.4. The van der Waals surface area contributed by atoms with E-state index in [-0.39, 0.29) is 0 Å². The topological polar surface area (TPSA) is 46.2 Å². The molecule has 0 radical (unpaired) electrons. The van der Waals surface area contributed by atoms with Gasteiger partial charge >= 0.3 is 0 Å². The molecule has 0 heterocycles. The molecule has 1 aromatic rings. The minimum absolute atomic E-state index is 0.382. The summed E-state index contributed by atoms with van der Waals surface area (Å²) in [6, 6.07) is 5.47. The van der Waals surface area contributed by atoms with E-state index in [4.69, 9.17) is 0 Å². The Labute approximate surface area is 103 Å². The molecule has 17 heavy (non-hydrogen) atoms. The quantitative estimate of drug-likeness (QED) is 0.878. The van der Waals surface area contributed by atoms with E-state index in [1.165, 1.54) is 11.1 Å². The van der Waals surface area contributed by atoms with Gasteiger partial charge in [-0.3, -0.25) is 0 Å². The summed E-state index contributed by atoms with van der Waals surface area (Å²) in [5.41, 5.74) is 2.03. The molecule has 4 heteroatoms. The number of benzene rings is 1. The van der Waals surface area contributed by atoms with Crippen LogP contribution in [-0.2, 0) is 22.9 Å². The number of hydrogen-bond donors (Lipinski definition) is 1. The van der Waals surface area contributed by atoms with Crippen LogP contribution in [0.5, 0.6) is 0 Å². The van der Waals surface area contributed by atoms with Crippen LogP contribution in [0.4, 0.5) is 0 Å². The molecular weight excluding hydrogens is 234 g/mol. The van der Waals surface area contributed by atoms with Gasteiger partial charge in [0.1, 0.15) is 0 Å². The molecule has 2 rings (SSSR count). The fourth-order valence-electron chi connectivity index (χ4n) is 2.18. The summed E-state index contributed by atoms with van der Waals surface area (Å²) in [5.74, 6) is 0. The maximum absolute atomic E-state index is 12.1. The molecule has 0 aliphatic heterocycles. The first-order valence-electron chi connectivity index (χ1n) is 5.94. The van der Waals surface area contributed by atoms with Crippen LogP contribution in [-0.4, -0.2) is 14.0 Å². The van der Waals surface area contributed by atoms with E-state index in [1.54, 1.807) is 6.07 Å². The maximum Gasteiger partial charge on any atom is 0.241 e. The van der Waals surface area contributed by atoms with Crippen molar-refractivity contribution < 1.29 is 8.42 Å². The van der Waals surface area contributed by atoms with Crippen molar-refractivity contribution in [3.63, 3.8) is 0 Å².